The number of anilines is 1. The van der Waals surface area contributed by atoms with E-state index in [1.54, 1.807) is 17.8 Å². The molecular weight excluding hydrogens is 249 g/mol. The first kappa shape index (κ1) is 11.5. The van der Waals surface area contributed by atoms with Gasteiger partial charge >= 0.3 is 0 Å². The smallest absolute Gasteiger partial charge is 0.135 e. The molecule has 18 heavy (non-hydrogen) atoms. The normalized spacial score (nSPS) is 13.6. The van der Waals surface area contributed by atoms with Crippen LogP contribution in [0.1, 0.15) is 22.6 Å². The molecule has 2 N–H and O–H groups in total. The Bertz CT molecular complexity index is 601. The zero-order valence-electron chi connectivity index (χ0n) is 9.69. The molecule has 0 unspecified atom stereocenters. The van der Waals surface area contributed by atoms with Crippen molar-refractivity contribution in [1.29, 1.82) is 0 Å². The van der Waals surface area contributed by atoms with Crippen molar-refractivity contribution in [2.45, 2.75) is 17.9 Å². The average Bonchev–Trinajstić information content (AvgIpc) is 2.77. The number of nitrogens with two attached hydrogens (primary N) is 1. The number of hydrogen-bond acceptors (Lipinski definition) is 4. The van der Waals surface area contributed by atoms with Gasteiger partial charge in [0.25, 0.3) is 0 Å². The number of aromatic nitrogens is 2. The van der Waals surface area contributed by atoms with Gasteiger partial charge < -0.3 is 5.73 Å². The molecule has 1 aromatic carbocycles. The second-order valence-corrected chi connectivity index (χ2v) is 5.24. The Hall–Kier alpha value is -1.62. The van der Waals surface area contributed by atoms with Crippen molar-refractivity contribution in [2.24, 2.45) is 0 Å². The number of halogens is 1. The van der Waals surface area contributed by atoms with Crippen LogP contribution in [0.5, 0.6) is 0 Å². The number of nitrogens with zero attached hydrogens (tertiary/aromatic N) is 2. The van der Waals surface area contributed by atoms with Crippen molar-refractivity contribution in [3.8, 4) is 0 Å². The third-order valence-electron chi connectivity index (χ3n) is 2.91. The van der Waals surface area contributed by atoms with Crippen LogP contribution in [0.15, 0.2) is 24.3 Å². The summed E-state index contributed by atoms with van der Waals surface area (Å²) in [7, 11) is 0. The maximum Gasteiger partial charge on any atom is 0.135 e. The topological polar surface area (TPSA) is 51.8 Å². The summed E-state index contributed by atoms with van der Waals surface area (Å²) in [5.74, 6) is 2.77. The molecular formula is C13H12FN3S. The third-order valence-corrected chi connectivity index (χ3v) is 3.88. The minimum absolute atomic E-state index is 0.239. The molecule has 5 heteroatoms. The van der Waals surface area contributed by atoms with E-state index in [2.05, 4.69) is 9.97 Å². The number of rotatable bonds is 2. The van der Waals surface area contributed by atoms with E-state index in [0.29, 0.717) is 18.1 Å². The molecule has 2 heterocycles. The summed E-state index contributed by atoms with van der Waals surface area (Å²) >= 11 is 1.79. The van der Waals surface area contributed by atoms with Gasteiger partial charge in [-0.25, -0.2) is 14.4 Å². The first-order valence-corrected chi connectivity index (χ1v) is 6.84. The van der Waals surface area contributed by atoms with Gasteiger partial charge in [0.2, 0.25) is 0 Å². The Kier molecular flexibility index (Phi) is 2.91. The van der Waals surface area contributed by atoms with Crippen LogP contribution < -0.4 is 5.73 Å². The van der Waals surface area contributed by atoms with Crippen molar-refractivity contribution in [3.63, 3.8) is 0 Å². The lowest BCUT2D eigenvalue weighted by Crippen LogP contribution is -2.06. The Morgan fingerprint density at radius 2 is 2.17 bits per heavy atom. The van der Waals surface area contributed by atoms with Gasteiger partial charge in [0.1, 0.15) is 17.5 Å². The zero-order valence-corrected chi connectivity index (χ0v) is 10.5. The second kappa shape index (κ2) is 4.57. The van der Waals surface area contributed by atoms with Crippen molar-refractivity contribution in [1.82, 2.24) is 9.97 Å². The number of fused-ring (bicyclic) bond motifs is 1. The van der Waals surface area contributed by atoms with E-state index in [1.165, 1.54) is 12.1 Å². The lowest BCUT2D eigenvalue weighted by atomic mass is 10.1. The highest BCUT2D eigenvalue weighted by atomic mass is 32.2. The second-order valence-electron chi connectivity index (χ2n) is 4.25. The molecule has 0 saturated heterocycles. The Morgan fingerprint density at radius 1 is 1.28 bits per heavy atom. The maximum atomic E-state index is 13.1. The average molecular weight is 261 g/mol. The van der Waals surface area contributed by atoms with Crippen LogP contribution in [0.2, 0.25) is 0 Å². The molecule has 0 saturated carbocycles. The summed E-state index contributed by atoms with van der Waals surface area (Å²) < 4.78 is 13.1. The largest absolute Gasteiger partial charge is 0.383 e. The third kappa shape index (κ3) is 2.18. The van der Waals surface area contributed by atoms with E-state index in [9.17, 15) is 4.39 Å². The van der Waals surface area contributed by atoms with Gasteiger partial charge in [-0.05, 0) is 17.7 Å². The van der Waals surface area contributed by atoms with Crippen molar-refractivity contribution >= 4 is 17.6 Å². The fourth-order valence-corrected chi connectivity index (χ4v) is 3.09. The monoisotopic (exact) mass is 261 g/mol. The van der Waals surface area contributed by atoms with Gasteiger partial charge in [-0.2, -0.15) is 11.8 Å². The molecule has 1 aliphatic heterocycles. The fourth-order valence-electron chi connectivity index (χ4n) is 2.04. The first-order valence-electron chi connectivity index (χ1n) is 5.69. The maximum absolute atomic E-state index is 13.1. The molecule has 0 fully saturated rings. The van der Waals surface area contributed by atoms with Crippen LogP contribution in [-0.2, 0) is 17.9 Å². The summed E-state index contributed by atoms with van der Waals surface area (Å²) in [5, 5.41) is 0. The Morgan fingerprint density at radius 3 is 3.00 bits per heavy atom. The van der Waals surface area contributed by atoms with E-state index in [4.69, 9.17) is 5.73 Å². The molecule has 0 radical (unpaired) electrons. The van der Waals surface area contributed by atoms with Crippen LogP contribution in [0, 0.1) is 5.82 Å². The SMILES string of the molecule is Nc1nc(Cc2cccc(F)c2)nc2c1CSC2. The zero-order chi connectivity index (χ0) is 12.5. The van der Waals surface area contributed by atoms with Crippen LogP contribution >= 0.6 is 11.8 Å². The predicted octanol–water partition coefficient (Wildman–Crippen LogP) is 2.54. The summed E-state index contributed by atoms with van der Waals surface area (Å²) in [4.78, 5) is 8.81. The molecule has 0 bridgehead atoms. The van der Waals surface area contributed by atoms with Gasteiger partial charge in [-0.3, -0.25) is 0 Å². The number of thioether (sulfide) groups is 1. The Balaban J connectivity index is 1.92. The molecule has 92 valence electrons. The Labute approximate surface area is 109 Å². The quantitative estimate of drug-likeness (QED) is 0.902. The van der Waals surface area contributed by atoms with E-state index in [0.717, 1.165) is 28.3 Å². The van der Waals surface area contributed by atoms with E-state index >= 15 is 0 Å². The minimum Gasteiger partial charge on any atom is -0.383 e. The lowest BCUT2D eigenvalue weighted by molar-refractivity contribution is 0.625. The van der Waals surface area contributed by atoms with Crippen molar-refractivity contribution < 1.29 is 4.39 Å². The molecule has 1 aliphatic rings. The van der Waals surface area contributed by atoms with Gasteiger partial charge in [-0.15, -0.1) is 0 Å². The highest BCUT2D eigenvalue weighted by molar-refractivity contribution is 7.98. The summed E-state index contributed by atoms with van der Waals surface area (Å²) in [6, 6.07) is 6.49. The molecule has 0 spiro atoms. The van der Waals surface area contributed by atoms with Crippen LogP contribution in [0.3, 0.4) is 0 Å². The summed E-state index contributed by atoms with van der Waals surface area (Å²) in [5.41, 5.74) is 8.86. The molecule has 3 nitrogen and oxygen atoms in total. The molecule has 2 aromatic rings. The molecule has 0 atom stereocenters. The van der Waals surface area contributed by atoms with Gasteiger partial charge in [0, 0.05) is 23.5 Å². The number of benzene rings is 1. The van der Waals surface area contributed by atoms with Crippen LogP contribution in [0.25, 0.3) is 0 Å². The van der Waals surface area contributed by atoms with E-state index in [-0.39, 0.29) is 5.82 Å². The van der Waals surface area contributed by atoms with Gasteiger partial charge in [-0.1, -0.05) is 12.1 Å². The first-order chi connectivity index (χ1) is 8.72. The number of hydrogen-bond donors (Lipinski definition) is 1. The fraction of sp³-hybridized carbons (Fsp3) is 0.231. The van der Waals surface area contributed by atoms with E-state index in [1.807, 2.05) is 6.07 Å². The van der Waals surface area contributed by atoms with Crippen molar-refractivity contribution in [3.05, 3.63) is 52.7 Å². The molecule has 3 rings (SSSR count). The van der Waals surface area contributed by atoms with Gasteiger partial charge in [0.05, 0.1) is 5.69 Å². The van der Waals surface area contributed by atoms with Gasteiger partial charge in [0.15, 0.2) is 0 Å². The summed E-state index contributed by atoms with van der Waals surface area (Å²) in [6.07, 6.45) is 0.514. The molecule has 0 amide bonds. The van der Waals surface area contributed by atoms with E-state index < -0.39 is 0 Å². The lowest BCUT2D eigenvalue weighted by Gasteiger charge is -2.06. The predicted molar refractivity (Wildman–Crippen MR) is 70.6 cm³/mol. The highest BCUT2D eigenvalue weighted by Gasteiger charge is 2.18. The minimum atomic E-state index is -0.239. The molecule has 0 aliphatic carbocycles. The van der Waals surface area contributed by atoms with Crippen molar-refractivity contribution in [2.75, 3.05) is 5.73 Å². The molecule has 1 aromatic heterocycles. The van der Waals surface area contributed by atoms with Crippen LogP contribution in [-0.4, -0.2) is 9.97 Å². The summed E-state index contributed by atoms with van der Waals surface area (Å²) in [6.45, 7) is 0. The highest BCUT2D eigenvalue weighted by Crippen LogP contribution is 2.31. The standard InChI is InChI=1S/C13H12FN3S/c14-9-3-1-2-8(4-9)5-12-16-11-7-18-6-10(11)13(15)17-12/h1-4H,5-7H2,(H2,15,16,17). The van der Waals surface area contributed by atoms with Crippen LogP contribution in [0.4, 0.5) is 10.2 Å². The number of nitrogen functional groups attached to an aromatic ring is 1.